The maximum atomic E-state index is 12.6. The Morgan fingerprint density at radius 2 is 1.86 bits per heavy atom. The fourth-order valence-corrected chi connectivity index (χ4v) is 3.25. The summed E-state index contributed by atoms with van der Waals surface area (Å²) >= 11 is 6.89. The zero-order valence-corrected chi connectivity index (χ0v) is 17.3. The van der Waals surface area contributed by atoms with E-state index in [0.717, 1.165) is 27.3 Å². The van der Waals surface area contributed by atoms with Gasteiger partial charge >= 0.3 is 5.69 Å². The van der Waals surface area contributed by atoms with Crippen molar-refractivity contribution in [2.45, 2.75) is 13.3 Å². The summed E-state index contributed by atoms with van der Waals surface area (Å²) in [5.41, 5.74) is -1.03. The molecule has 1 aromatic carbocycles. The van der Waals surface area contributed by atoms with Crippen LogP contribution in [-0.2, 0) is 18.9 Å². The molecule has 0 saturated carbocycles. The van der Waals surface area contributed by atoms with Crippen molar-refractivity contribution in [2.24, 2.45) is 19.1 Å². The molecule has 1 amide bonds. The molecule has 1 aromatic heterocycles. The molecule has 10 heteroatoms. The van der Waals surface area contributed by atoms with Gasteiger partial charge in [0.2, 0.25) is 11.8 Å². The molecule has 28 heavy (non-hydrogen) atoms. The number of carbonyl (C=O) groups excluding carboxylic acids is 1. The number of aliphatic imine (C=N–C) groups is 1. The van der Waals surface area contributed by atoms with Crippen molar-refractivity contribution in [2.75, 3.05) is 12.3 Å². The molecule has 0 fully saturated rings. The SMILES string of the molecule is CCCNC(=O)CSC(=Nc1ccc(Cl)cc1)c1c(O)n(C)c(=O)n(C)c1=O. The number of nitrogens with zero attached hydrogens (tertiary/aromatic N) is 3. The van der Waals surface area contributed by atoms with Gasteiger partial charge in [0.15, 0.2) is 0 Å². The Morgan fingerprint density at radius 3 is 2.46 bits per heavy atom. The van der Waals surface area contributed by atoms with Crippen LogP contribution in [0.15, 0.2) is 38.8 Å². The molecular formula is C18H21ClN4O4S. The van der Waals surface area contributed by atoms with Crippen LogP contribution in [0.1, 0.15) is 18.9 Å². The number of rotatable bonds is 6. The average molecular weight is 425 g/mol. The molecule has 150 valence electrons. The van der Waals surface area contributed by atoms with Gasteiger partial charge in [-0.15, -0.1) is 0 Å². The molecule has 0 atom stereocenters. The van der Waals surface area contributed by atoms with Crippen molar-refractivity contribution in [3.8, 4) is 5.88 Å². The summed E-state index contributed by atoms with van der Waals surface area (Å²) in [6.07, 6.45) is 0.796. The van der Waals surface area contributed by atoms with E-state index < -0.39 is 17.1 Å². The Balaban J connectivity index is 2.53. The Bertz CT molecular complexity index is 1010. The highest BCUT2D eigenvalue weighted by molar-refractivity contribution is 8.15. The summed E-state index contributed by atoms with van der Waals surface area (Å²) in [4.78, 5) is 41.0. The standard InChI is InChI=1S/C18H21ClN4O4S/c1-4-9-20-13(24)10-28-15(21-12-7-5-11(19)6-8-12)14-16(25)22(2)18(27)23(3)17(14)26/h5-8,25H,4,9-10H2,1-3H3,(H,20,24). The van der Waals surface area contributed by atoms with Gasteiger partial charge in [-0.25, -0.2) is 9.79 Å². The highest BCUT2D eigenvalue weighted by Crippen LogP contribution is 2.24. The van der Waals surface area contributed by atoms with Crippen LogP contribution in [0.5, 0.6) is 5.88 Å². The second-order valence-corrected chi connectivity index (χ2v) is 7.34. The molecule has 0 unspecified atom stereocenters. The van der Waals surface area contributed by atoms with Gasteiger partial charge in [0.1, 0.15) is 10.6 Å². The molecule has 0 aliphatic carbocycles. The molecule has 2 rings (SSSR count). The molecule has 2 N–H and O–H groups in total. The number of aromatic hydroxyl groups is 1. The van der Waals surface area contributed by atoms with Gasteiger partial charge < -0.3 is 10.4 Å². The zero-order chi connectivity index (χ0) is 20.8. The summed E-state index contributed by atoms with van der Waals surface area (Å²) in [6.45, 7) is 2.48. The summed E-state index contributed by atoms with van der Waals surface area (Å²) in [5.74, 6) is -0.739. The average Bonchev–Trinajstić information content (AvgIpc) is 2.68. The van der Waals surface area contributed by atoms with E-state index in [1.807, 2.05) is 6.92 Å². The fourth-order valence-electron chi connectivity index (χ4n) is 2.26. The van der Waals surface area contributed by atoms with E-state index in [9.17, 15) is 19.5 Å². The summed E-state index contributed by atoms with van der Waals surface area (Å²) in [7, 11) is 2.66. The van der Waals surface area contributed by atoms with Crippen molar-refractivity contribution < 1.29 is 9.90 Å². The van der Waals surface area contributed by atoms with Gasteiger partial charge in [-0.3, -0.25) is 18.7 Å². The minimum absolute atomic E-state index is 0.00212. The third kappa shape index (κ3) is 5.05. The first-order chi connectivity index (χ1) is 13.3. The van der Waals surface area contributed by atoms with E-state index in [1.54, 1.807) is 24.3 Å². The molecule has 0 bridgehead atoms. The highest BCUT2D eigenvalue weighted by Gasteiger charge is 2.21. The first-order valence-corrected chi connectivity index (χ1v) is 9.85. The van der Waals surface area contributed by atoms with Gasteiger partial charge in [-0.2, -0.15) is 0 Å². The summed E-state index contributed by atoms with van der Waals surface area (Å²) in [6, 6.07) is 6.55. The topological polar surface area (TPSA) is 106 Å². The number of aromatic nitrogens is 2. The van der Waals surface area contributed by atoms with E-state index in [0.29, 0.717) is 17.3 Å². The summed E-state index contributed by atoms with van der Waals surface area (Å²) in [5, 5.41) is 13.8. The van der Waals surface area contributed by atoms with E-state index in [4.69, 9.17) is 11.6 Å². The number of hydrogen-bond donors (Lipinski definition) is 2. The Labute approximate surface area is 170 Å². The van der Waals surface area contributed by atoms with Crippen molar-refractivity contribution in [3.05, 3.63) is 55.7 Å². The molecule has 1 heterocycles. The molecule has 0 saturated heterocycles. The maximum Gasteiger partial charge on any atom is 0.333 e. The number of nitrogens with one attached hydrogen (secondary N) is 1. The van der Waals surface area contributed by atoms with Gasteiger partial charge in [-0.1, -0.05) is 30.3 Å². The van der Waals surface area contributed by atoms with Crippen LogP contribution < -0.4 is 16.6 Å². The van der Waals surface area contributed by atoms with Crippen LogP contribution in [-0.4, -0.2) is 37.5 Å². The van der Waals surface area contributed by atoms with Crippen LogP contribution in [0.2, 0.25) is 5.02 Å². The normalized spacial score (nSPS) is 11.5. The lowest BCUT2D eigenvalue weighted by atomic mass is 10.3. The summed E-state index contributed by atoms with van der Waals surface area (Å²) < 4.78 is 1.83. The first kappa shape index (κ1) is 21.8. The van der Waals surface area contributed by atoms with Gasteiger partial charge in [0.05, 0.1) is 11.4 Å². The van der Waals surface area contributed by atoms with Crippen LogP contribution in [0, 0.1) is 0 Å². The van der Waals surface area contributed by atoms with Gasteiger partial charge in [0, 0.05) is 25.7 Å². The predicted octanol–water partition coefficient (Wildman–Crippen LogP) is 1.78. The largest absolute Gasteiger partial charge is 0.494 e. The third-order valence-electron chi connectivity index (χ3n) is 3.82. The lowest BCUT2D eigenvalue weighted by Gasteiger charge is -2.12. The molecule has 0 spiro atoms. The second-order valence-electron chi connectivity index (χ2n) is 5.94. The fraction of sp³-hybridized carbons (Fsp3) is 0.333. The second kappa shape index (κ2) is 9.61. The highest BCUT2D eigenvalue weighted by atomic mass is 35.5. The van der Waals surface area contributed by atoms with Crippen molar-refractivity contribution >= 4 is 40.0 Å². The first-order valence-electron chi connectivity index (χ1n) is 8.49. The van der Waals surface area contributed by atoms with Crippen molar-refractivity contribution in [3.63, 3.8) is 0 Å². The van der Waals surface area contributed by atoms with Crippen LogP contribution in [0.25, 0.3) is 0 Å². The van der Waals surface area contributed by atoms with E-state index >= 15 is 0 Å². The quantitative estimate of drug-likeness (QED) is 0.543. The Hall–Kier alpha value is -2.52. The van der Waals surface area contributed by atoms with Gasteiger partial charge in [-0.05, 0) is 30.7 Å². The van der Waals surface area contributed by atoms with Crippen LogP contribution >= 0.6 is 23.4 Å². The predicted molar refractivity (Wildman–Crippen MR) is 112 cm³/mol. The minimum Gasteiger partial charge on any atom is -0.494 e. The van der Waals surface area contributed by atoms with Crippen molar-refractivity contribution in [1.82, 2.24) is 14.5 Å². The number of halogens is 1. The molecule has 8 nitrogen and oxygen atoms in total. The molecule has 2 aromatic rings. The van der Waals surface area contributed by atoms with E-state index in [1.165, 1.54) is 14.1 Å². The molecular weight excluding hydrogens is 404 g/mol. The molecule has 0 radical (unpaired) electrons. The number of thioether (sulfide) groups is 1. The minimum atomic E-state index is -0.699. The smallest absolute Gasteiger partial charge is 0.333 e. The van der Waals surface area contributed by atoms with E-state index in [2.05, 4.69) is 10.3 Å². The number of carbonyl (C=O) groups is 1. The number of amides is 1. The van der Waals surface area contributed by atoms with Crippen LogP contribution in [0.4, 0.5) is 5.69 Å². The number of benzene rings is 1. The third-order valence-corrected chi connectivity index (χ3v) is 5.04. The molecule has 0 aliphatic heterocycles. The zero-order valence-electron chi connectivity index (χ0n) is 15.7. The lowest BCUT2D eigenvalue weighted by molar-refractivity contribution is -0.118. The van der Waals surface area contributed by atoms with Crippen LogP contribution in [0.3, 0.4) is 0 Å². The lowest BCUT2D eigenvalue weighted by Crippen LogP contribution is -2.39. The number of hydrogen-bond acceptors (Lipinski definition) is 6. The molecule has 0 aliphatic rings. The van der Waals surface area contributed by atoms with E-state index in [-0.39, 0.29) is 22.3 Å². The Morgan fingerprint density at radius 1 is 1.21 bits per heavy atom. The van der Waals surface area contributed by atoms with Crippen molar-refractivity contribution in [1.29, 1.82) is 0 Å². The Kier molecular flexibility index (Phi) is 7.47. The monoisotopic (exact) mass is 424 g/mol. The van der Waals surface area contributed by atoms with Gasteiger partial charge in [0.25, 0.3) is 5.56 Å². The maximum absolute atomic E-state index is 12.6.